The third-order valence-electron chi connectivity index (χ3n) is 8.51. The molecule has 1 spiro atoms. The van der Waals surface area contributed by atoms with Crippen molar-refractivity contribution in [3.8, 4) is 0 Å². The number of ether oxygens (including phenoxy) is 1. The second-order valence-electron chi connectivity index (χ2n) is 10.5. The van der Waals surface area contributed by atoms with Gasteiger partial charge in [-0.1, -0.05) is 47.5 Å². The Labute approximate surface area is 198 Å². The zero-order valence-corrected chi connectivity index (χ0v) is 21.1. The Balaban J connectivity index is 2.08. The molecule has 33 heavy (non-hydrogen) atoms. The molecule has 3 N–H and O–H groups in total. The van der Waals surface area contributed by atoms with Gasteiger partial charge >= 0.3 is 0 Å². The maximum absolute atomic E-state index is 14.0. The molecule has 8 heteroatoms. The van der Waals surface area contributed by atoms with E-state index in [0.717, 1.165) is 25.7 Å². The van der Waals surface area contributed by atoms with Crippen LogP contribution in [0.2, 0.25) is 0 Å². The minimum absolute atomic E-state index is 0.00213. The summed E-state index contributed by atoms with van der Waals surface area (Å²) in [6.45, 7) is 12.8. The van der Waals surface area contributed by atoms with Gasteiger partial charge in [-0.25, -0.2) is 0 Å². The van der Waals surface area contributed by atoms with Crippen LogP contribution in [0.25, 0.3) is 0 Å². The summed E-state index contributed by atoms with van der Waals surface area (Å²) in [5, 5.41) is 16.3. The van der Waals surface area contributed by atoms with Crippen LogP contribution in [0.15, 0.2) is 0 Å². The maximum Gasteiger partial charge on any atom is 0.245 e. The molecule has 0 radical (unpaired) electrons. The van der Waals surface area contributed by atoms with E-state index in [2.05, 4.69) is 17.6 Å². The highest BCUT2D eigenvalue weighted by molar-refractivity contribution is 5.99. The second-order valence-corrected chi connectivity index (χ2v) is 10.5. The summed E-state index contributed by atoms with van der Waals surface area (Å²) in [6, 6.07) is -1.36. The summed E-state index contributed by atoms with van der Waals surface area (Å²) >= 11 is 0. The van der Waals surface area contributed by atoms with Gasteiger partial charge in [0.15, 0.2) is 0 Å². The fraction of sp³-hybridized carbons (Fsp3) is 0.880. The first-order chi connectivity index (χ1) is 15.6. The van der Waals surface area contributed by atoms with E-state index in [4.69, 9.17) is 4.74 Å². The van der Waals surface area contributed by atoms with Crippen LogP contribution in [0.5, 0.6) is 0 Å². The predicted octanol–water partition coefficient (Wildman–Crippen LogP) is 1.85. The van der Waals surface area contributed by atoms with Crippen molar-refractivity contribution in [1.82, 2.24) is 15.5 Å². The van der Waals surface area contributed by atoms with E-state index >= 15 is 0 Å². The predicted molar refractivity (Wildman–Crippen MR) is 125 cm³/mol. The van der Waals surface area contributed by atoms with Crippen LogP contribution in [0.4, 0.5) is 0 Å². The van der Waals surface area contributed by atoms with E-state index in [-0.39, 0.29) is 36.2 Å². The van der Waals surface area contributed by atoms with Crippen LogP contribution in [0.3, 0.4) is 0 Å². The van der Waals surface area contributed by atoms with Crippen LogP contribution in [-0.4, -0.2) is 70.7 Å². The molecule has 0 saturated carbocycles. The normalized spacial score (nSPS) is 36.6. The first-order valence-corrected chi connectivity index (χ1v) is 12.8. The van der Waals surface area contributed by atoms with Crippen LogP contribution in [-0.2, 0) is 19.1 Å². The van der Waals surface area contributed by atoms with Gasteiger partial charge in [-0.15, -0.1) is 0 Å². The lowest BCUT2D eigenvalue weighted by molar-refractivity contribution is -0.152. The topological polar surface area (TPSA) is 108 Å². The average molecular weight is 466 g/mol. The molecule has 3 aliphatic rings. The van der Waals surface area contributed by atoms with E-state index < -0.39 is 35.1 Å². The van der Waals surface area contributed by atoms with Gasteiger partial charge in [-0.05, 0) is 38.0 Å². The zero-order valence-electron chi connectivity index (χ0n) is 21.1. The molecule has 0 aromatic carbocycles. The fourth-order valence-corrected chi connectivity index (χ4v) is 6.39. The molecule has 3 amide bonds. The van der Waals surface area contributed by atoms with E-state index in [1.54, 1.807) is 4.90 Å². The second kappa shape index (κ2) is 9.90. The van der Waals surface area contributed by atoms with Gasteiger partial charge < -0.3 is 25.4 Å². The highest BCUT2D eigenvalue weighted by Crippen LogP contribution is 2.65. The lowest BCUT2D eigenvalue weighted by atomic mass is 9.62. The number of fused-ring (bicyclic) bond motifs is 1. The molecule has 3 heterocycles. The number of aliphatic hydroxyl groups excluding tert-OH is 1. The molecule has 0 aliphatic carbocycles. The SMILES string of the molecule is CCCCNC(=O)C1N([C@@H](CO)[C@@H](C)CC)C(=O)[C@@H]2[C@@H](C(=O)NCCC)[C@]3(C)OC12CC3C. The largest absolute Gasteiger partial charge is 0.394 e. The summed E-state index contributed by atoms with van der Waals surface area (Å²) in [7, 11) is 0. The van der Waals surface area contributed by atoms with E-state index in [9.17, 15) is 19.5 Å². The van der Waals surface area contributed by atoms with Crippen molar-refractivity contribution in [2.45, 2.75) is 96.9 Å². The summed E-state index contributed by atoms with van der Waals surface area (Å²) in [5.41, 5.74) is -1.87. The van der Waals surface area contributed by atoms with Gasteiger partial charge in [0, 0.05) is 13.1 Å². The highest BCUT2D eigenvalue weighted by atomic mass is 16.5. The Bertz CT molecular complexity index is 760. The molecule has 188 valence electrons. The molecular formula is C25H43N3O5. The minimum Gasteiger partial charge on any atom is -0.394 e. The molecule has 8 nitrogen and oxygen atoms in total. The Morgan fingerprint density at radius 2 is 1.85 bits per heavy atom. The molecule has 8 atom stereocenters. The monoisotopic (exact) mass is 465 g/mol. The summed E-state index contributed by atoms with van der Waals surface area (Å²) in [6.07, 6.45) is 3.88. The number of nitrogens with zero attached hydrogens (tertiary/aromatic N) is 1. The molecule has 3 fully saturated rings. The van der Waals surface area contributed by atoms with Crippen LogP contribution in [0.1, 0.15) is 73.6 Å². The minimum atomic E-state index is -1.06. The third-order valence-corrected chi connectivity index (χ3v) is 8.51. The smallest absolute Gasteiger partial charge is 0.245 e. The van der Waals surface area contributed by atoms with Gasteiger partial charge in [0.1, 0.15) is 11.6 Å². The number of likely N-dealkylation sites (tertiary alicyclic amines) is 1. The van der Waals surface area contributed by atoms with E-state index in [1.807, 2.05) is 34.6 Å². The standard InChI is InChI=1S/C25H43N3O5/c1-7-10-12-27-22(31)20-25-13-16(5)24(6,33-25)18(21(30)26-11-8-2)19(25)23(32)28(20)17(14-29)15(4)9-3/h15-20,29H,7-14H2,1-6H3,(H,26,30)(H,27,31)/t15-,16?,17-,18-,19-,20?,24+,25?/m0/s1. The summed E-state index contributed by atoms with van der Waals surface area (Å²) in [4.78, 5) is 42.6. The molecule has 3 aliphatic heterocycles. The number of aliphatic hydroxyl groups is 1. The Morgan fingerprint density at radius 3 is 2.42 bits per heavy atom. The molecule has 0 aromatic rings. The number of unbranched alkanes of at least 4 members (excludes halogenated alkanes) is 1. The average Bonchev–Trinajstić information content (AvgIpc) is 3.30. The fourth-order valence-electron chi connectivity index (χ4n) is 6.39. The molecule has 3 saturated heterocycles. The highest BCUT2D eigenvalue weighted by Gasteiger charge is 2.80. The molecule has 0 aromatic heterocycles. The van der Waals surface area contributed by atoms with Crippen molar-refractivity contribution in [3.63, 3.8) is 0 Å². The van der Waals surface area contributed by atoms with Crippen LogP contribution >= 0.6 is 0 Å². The van der Waals surface area contributed by atoms with Crippen LogP contribution in [0, 0.1) is 23.7 Å². The lowest BCUT2D eigenvalue weighted by Gasteiger charge is -2.39. The number of rotatable bonds is 11. The molecule has 3 unspecified atom stereocenters. The molecular weight excluding hydrogens is 422 g/mol. The van der Waals surface area contributed by atoms with Gasteiger partial charge in [-0.2, -0.15) is 0 Å². The number of carbonyl (C=O) groups is 3. The number of amides is 3. The van der Waals surface area contributed by atoms with Gasteiger partial charge in [0.05, 0.1) is 30.1 Å². The Hall–Kier alpha value is -1.67. The van der Waals surface area contributed by atoms with E-state index in [0.29, 0.717) is 19.5 Å². The summed E-state index contributed by atoms with van der Waals surface area (Å²) in [5.74, 6) is -2.03. The lowest BCUT2D eigenvalue weighted by Crippen LogP contribution is -2.59. The van der Waals surface area contributed by atoms with Gasteiger partial charge in [0.25, 0.3) is 0 Å². The molecule has 3 rings (SSSR count). The summed E-state index contributed by atoms with van der Waals surface area (Å²) < 4.78 is 6.68. The van der Waals surface area contributed by atoms with Crippen molar-refractivity contribution in [1.29, 1.82) is 0 Å². The van der Waals surface area contributed by atoms with Crippen molar-refractivity contribution in [2.24, 2.45) is 23.7 Å². The van der Waals surface area contributed by atoms with Crippen molar-refractivity contribution < 1.29 is 24.2 Å². The quantitative estimate of drug-likeness (QED) is 0.404. The maximum atomic E-state index is 14.0. The van der Waals surface area contributed by atoms with E-state index in [1.165, 1.54) is 0 Å². The Kier molecular flexibility index (Phi) is 7.79. The zero-order chi connectivity index (χ0) is 24.6. The first-order valence-electron chi connectivity index (χ1n) is 12.8. The van der Waals surface area contributed by atoms with Crippen molar-refractivity contribution in [2.75, 3.05) is 19.7 Å². The number of hydrogen-bond acceptors (Lipinski definition) is 5. The molecule has 2 bridgehead atoms. The third kappa shape index (κ3) is 3.97. The number of nitrogens with one attached hydrogen (secondary N) is 2. The Morgan fingerprint density at radius 1 is 1.18 bits per heavy atom. The van der Waals surface area contributed by atoms with Gasteiger partial charge in [0.2, 0.25) is 17.7 Å². The first kappa shape index (κ1) is 25.9. The number of carbonyl (C=O) groups excluding carboxylic acids is 3. The number of hydrogen-bond donors (Lipinski definition) is 3. The van der Waals surface area contributed by atoms with Crippen molar-refractivity contribution >= 4 is 17.7 Å². The van der Waals surface area contributed by atoms with Crippen molar-refractivity contribution in [3.05, 3.63) is 0 Å². The van der Waals surface area contributed by atoms with Crippen LogP contribution < -0.4 is 10.6 Å². The van der Waals surface area contributed by atoms with Gasteiger partial charge in [-0.3, -0.25) is 14.4 Å².